The van der Waals surface area contributed by atoms with Gasteiger partial charge in [0.15, 0.2) is 11.5 Å². The average Bonchev–Trinajstić information content (AvgIpc) is 3.19. The highest BCUT2D eigenvalue weighted by atomic mass is 16.5. The first-order chi connectivity index (χ1) is 14.0. The van der Waals surface area contributed by atoms with Crippen molar-refractivity contribution >= 4 is 5.91 Å². The Labute approximate surface area is 170 Å². The molecule has 1 aromatic carbocycles. The number of nitrogens with zero attached hydrogens (tertiary/aromatic N) is 2. The van der Waals surface area contributed by atoms with Crippen molar-refractivity contribution in [1.29, 1.82) is 0 Å². The van der Waals surface area contributed by atoms with Crippen LogP contribution in [0.1, 0.15) is 35.6 Å². The van der Waals surface area contributed by atoms with Crippen molar-refractivity contribution in [2.75, 3.05) is 13.7 Å². The van der Waals surface area contributed by atoms with Gasteiger partial charge in [0.2, 0.25) is 5.89 Å². The maximum Gasteiger partial charge on any atom is 0.253 e. The average molecular weight is 395 g/mol. The standard InChI is InChI=1S/C22H25N3O4/c1-14(2)12-28-20-10-16(7-8-19(20)27-4)22-25-17(13-29-22)11-24-21(26)18-6-5-9-23-15(18)3/h5-10,13-14H,11-12H2,1-4H3,(H,24,26). The molecule has 0 saturated heterocycles. The third-order valence-electron chi connectivity index (χ3n) is 4.22. The fourth-order valence-corrected chi connectivity index (χ4v) is 2.69. The number of amides is 1. The van der Waals surface area contributed by atoms with Gasteiger partial charge in [0.1, 0.15) is 6.26 Å². The van der Waals surface area contributed by atoms with E-state index in [0.29, 0.717) is 46.9 Å². The molecule has 0 aliphatic rings. The molecule has 1 amide bonds. The third kappa shape index (κ3) is 5.13. The Balaban J connectivity index is 1.70. The Kier molecular flexibility index (Phi) is 6.49. The molecule has 0 saturated carbocycles. The number of carbonyl (C=O) groups excluding carboxylic acids is 1. The summed E-state index contributed by atoms with van der Waals surface area (Å²) >= 11 is 0. The van der Waals surface area contributed by atoms with Gasteiger partial charge in [-0.15, -0.1) is 0 Å². The van der Waals surface area contributed by atoms with Crippen molar-refractivity contribution < 1.29 is 18.7 Å². The molecule has 2 aromatic heterocycles. The van der Waals surface area contributed by atoms with Gasteiger partial charge in [0, 0.05) is 17.5 Å². The smallest absolute Gasteiger partial charge is 0.253 e. The second kappa shape index (κ2) is 9.23. The molecule has 0 unspecified atom stereocenters. The van der Waals surface area contributed by atoms with Crippen molar-refractivity contribution in [3.05, 3.63) is 59.7 Å². The highest BCUT2D eigenvalue weighted by molar-refractivity contribution is 5.95. The van der Waals surface area contributed by atoms with Gasteiger partial charge in [-0.2, -0.15) is 0 Å². The SMILES string of the molecule is COc1ccc(-c2nc(CNC(=O)c3cccnc3C)co2)cc1OCC(C)C. The van der Waals surface area contributed by atoms with E-state index in [1.807, 2.05) is 18.2 Å². The van der Waals surface area contributed by atoms with E-state index in [9.17, 15) is 4.79 Å². The molecular formula is C22H25N3O4. The van der Waals surface area contributed by atoms with Gasteiger partial charge < -0.3 is 19.2 Å². The van der Waals surface area contributed by atoms with E-state index in [4.69, 9.17) is 13.9 Å². The Morgan fingerprint density at radius 2 is 2.07 bits per heavy atom. The number of hydrogen-bond donors (Lipinski definition) is 1. The molecular weight excluding hydrogens is 370 g/mol. The van der Waals surface area contributed by atoms with Gasteiger partial charge in [-0.3, -0.25) is 9.78 Å². The summed E-state index contributed by atoms with van der Waals surface area (Å²) in [7, 11) is 1.60. The monoisotopic (exact) mass is 395 g/mol. The number of nitrogens with one attached hydrogen (secondary N) is 1. The number of methoxy groups -OCH3 is 1. The number of benzene rings is 1. The number of pyridine rings is 1. The fraction of sp³-hybridized carbons (Fsp3) is 0.318. The molecule has 0 aliphatic carbocycles. The third-order valence-corrected chi connectivity index (χ3v) is 4.22. The summed E-state index contributed by atoms with van der Waals surface area (Å²) < 4.78 is 16.8. The normalized spacial score (nSPS) is 10.8. The molecule has 3 rings (SSSR count). The molecule has 29 heavy (non-hydrogen) atoms. The first-order valence-electron chi connectivity index (χ1n) is 9.43. The van der Waals surface area contributed by atoms with Crippen molar-refractivity contribution in [3.8, 4) is 23.0 Å². The van der Waals surface area contributed by atoms with E-state index in [0.717, 1.165) is 5.56 Å². The molecule has 7 nitrogen and oxygen atoms in total. The van der Waals surface area contributed by atoms with Crippen LogP contribution in [0.5, 0.6) is 11.5 Å². The Morgan fingerprint density at radius 1 is 1.24 bits per heavy atom. The van der Waals surface area contributed by atoms with Crippen LogP contribution in [0.3, 0.4) is 0 Å². The van der Waals surface area contributed by atoms with E-state index in [2.05, 4.69) is 29.1 Å². The molecule has 0 bridgehead atoms. The fourth-order valence-electron chi connectivity index (χ4n) is 2.69. The van der Waals surface area contributed by atoms with Gasteiger partial charge in [0.25, 0.3) is 5.91 Å². The molecule has 0 aliphatic heterocycles. The minimum atomic E-state index is -0.200. The van der Waals surface area contributed by atoms with Gasteiger partial charge in [-0.25, -0.2) is 4.98 Å². The van der Waals surface area contributed by atoms with Crippen LogP contribution in [0, 0.1) is 12.8 Å². The number of ether oxygens (including phenoxy) is 2. The van der Waals surface area contributed by atoms with Gasteiger partial charge in [-0.05, 0) is 43.2 Å². The number of hydrogen-bond acceptors (Lipinski definition) is 6. The molecule has 3 aromatic rings. The number of aryl methyl sites for hydroxylation is 1. The zero-order chi connectivity index (χ0) is 20.8. The molecule has 0 spiro atoms. The minimum absolute atomic E-state index is 0.200. The lowest BCUT2D eigenvalue weighted by atomic mass is 10.2. The Hall–Kier alpha value is -3.35. The zero-order valence-corrected chi connectivity index (χ0v) is 17.1. The topological polar surface area (TPSA) is 86.5 Å². The maximum absolute atomic E-state index is 12.3. The van der Waals surface area contributed by atoms with Crippen LogP contribution in [-0.4, -0.2) is 29.6 Å². The molecule has 0 fully saturated rings. The second-order valence-corrected chi connectivity index (χ2v) is 7.03. The van der Waals surface area contributed by atoms with Crippen LogP contribution >= 0.6 is 0 Å². The zero-order valence-electron chi connectivity index (χ0n) is 17.1. The maximum atomic E-state index is 12.3. The van der Waals surface area contributed by atoms with Crippen molar-refractivity contribution in [1.82, 2.24) is 15.3 Å². The largest absolute Gasteiger partial charge is 0.493 e. The lowest BCUT2D eigenvalue weighted by Gasteiger charge is -2.13. The van der Waals surface area contributed by atoms with Gasteiger partial charge in [0.05, 0.1) is 31.5 Å². The van der Waals surface area contributed by atoms with Crippen molar-refractivity contribution in [2.45, 2.75) is 27.3 Å². The predicted molar refractivity (Wildman–Crippen MR) is 109 cm³/mol. The quantitative estimate of drug-likeness (QED) is 0.620. The van der Waals surface area contributed by atoms with Crippen LogP contribution < -0.4 is 14.8 Å². The predicted octanol–water partition coefficient (Wildman–Crippen LogP) is 4.02. The Morgan fingerprint density at radius 3 is 2.79 bits per heavy atom. The number of oxazole rings is 1. The molecule has 0 radical (unpaired) electrons. The van der Waals surface area contributed by atoms with E-state index in [1.54, 1.807) is 32.4 Å². The lowest BCUT2D eigenvalue weighted by molar-refractivity contribution is 0.0949. The summed E-state index contributed by atoms with van der Waals surface area (Å²) in [5, 5.41) is 2.84. The van der Waals surface area contributed by atoms with Crippen LogP contribution in [0.2, 0.25) is 0 Å². The van der Waals surface area contributed by atoms with Crippen LogP contribution in [0.25, 0.3) is 11.5 Å². The van der Waals surface area contributed by atoms with E-state index in [1.165, 1.54) is 6.26 Å². The molecule has 1 N–H and O–H groups in total. The minimum Gasteiger partial charge on any atom is -0.493 e. The first kappa shape index (κ1) is 20.4. The number of rotatable bonds is 8. The number of carbonyl (C=O) groups is 1. The summed E-state index contributed by atoms with van der Waals surface area (Å²) in [6.07, 6.45) is 3.19. The van der Waals surface area contributed by atoms with Gasteiger partial charge in [-0.1, -0.05) is 13.8 Å². The van der Waals surface area contributed by atoms with Crippen LogP contribution in [-0.2, 0) is 6.54 Å². The second-order valence-electron chi connectivity index (χ2n) is 7.03. The summed E-state index contributed by atoms with van der Waals surface area (Å²) in [6.45, 7) is 6.79. The van der Waals surface area contributed by atoms with Crippen LogP contribution in [0.4, 0.5) is 0 Å². The summed E-state index contributed by atoms with van der Waals surface area (Å²) in [4.78, 5) is 20.9. The van der Waals surface area contributed by atoms with E-state index in [-0.39, 0.29) is 12.5 Å². The number of aromatic nitrogens is 2. The molecule has 2 heterocycles. The molecule has 7 heteroatoms. The summed E-state index contributed by atoms with van der Waals surface area (Å²) in [5.74, 6) is 1.93. The molecule has 0 atom stereocenters. The van der Waals surface area contributed by atoms with Crippen LogP contribution in [0.15, 0.2) is 47.2 Å². The summed E-state index contributed by atoms with van der Waals surface area (Å²) in [5.41, 5.74) is 2.61. The first-order valence-corrected chi connectivity index (χ1v) is 9.43. The van der Waals surface area contributed by atoms with Crippen molar-refractivity contribution in [2.24, 2.45) is 5.92 Å². The highest BCUT2D eigenvalue weighted by Gasteiger charge is 2.14. The summed E-state index contributed by atoms with van der Waals surface area (Å²) in [6, 6.07) is 8.99. The van der Waals surface area contributed by atoms with Gasteiger partial charge >= 0.3 is 0 Å². The lowest BCUT2D eigenvalue weighted by Crippen LogP contribution is -2.24. The highest BCUT2D eigenvalue weighted by Crippen LogP contribution is 2.32. The van der Waals surface area contributed by atoms with E-state index < -0.39 is 0 Å². The Bertz CT molecular complexity index is 982. The van der Waals surface area contributed by atoms with Crippen molar-refractivity contribution in [3.63, 3.8) is 0 Å². The molecule has 152 valence electrons. The van der Waals surface area contributed by atoms with E-state index >= 15 is 0 Å².